The minimum Gasteiger partial charge on any atom is -0.481 e. The lowest BCUT2D eigenvalue weighted by Crippen LogP contribution is -2.57. The van der Waals surface area contributed by atoms with Crippen LogP contribution in [0.15, 0.2) is 35.5 Å². The SMILES string of the molecule is NC(=O)C1CSSCCC(=O)N[C@@H](CCCCN=C(N)N)C(=O)NCC(=O)N[C@@H](CC(=O)O)C(=O)NC(Cc2c[nH]c3ccccc23)C(=O)NCC(=O)N1. The van der Waals surface area contributed by atoms with Crippen LogP contribution in [0.3, 0.4) is 0 Å². The highest BCUT2D eigenvalue weighted by Gasteiger charge is 2.30. The predicted molar refractivity (Wildman–Crippen MR) is 201 cm³/mol. The van der Waals surface area contributed by atoms with E-state index in [4.69, 9.17) is 17.2 Å². The summed E-state index contributed by atoms with van der Waals surface area (Å²) in [5.74, 6) is -6.82. The number of nitrogens with zero attached hydrogens (tertiary/aromatic N) is 1. The van der Waals surface area contributed by atoms with Crippen LogP contribution in [-0.4, -0.2) is 119 Å². The Morgan fingerprint density at radius 2 is 1.46 bits per heavy atom. The number of benzene rings is 1. The molecular weight excluding hydrogens is 747 g/mol. The molecule has 0 aliphatic carbocycles. The van der Waals surface area contributed by atoms with E-state index in [9.17, 15) is 43.5 Å². The number of aromatic amines is 1. The molecule has 4 atom stereocenters. The summed E-state index contributed by atoms with van der Waals surface area (Å²) in [6.07, 6.45) is 1.67. The van der Waals surface area contributed by atoms with Crippen molar-refractivity contribution in [2.24, 2.45) is 22.2 Å². The van der Waals surface area contributed by atoms with Crippen molar-refractivity contribution < 1.29 is 43.5 Å². The van der Waals surface area contributed by atoms with Gasteiger partial charge in [0.2, 0.25) is 41.4 Å². The quantitative estimate of drug-likeness (QED) is 0.0498. The molecule has 0 bridgehead atoms. The molecule has 14 N–H and O–H groups in total. The monoisotopic (exact) mass is 791 g/mol. The van der Waals surface area contributed by atoms with Crippen molar-refractivity contribution in [3.8, 4) is 0 Å². The molecule has 2 heterocycles. The third kappa shape index (κ3) is 14.8. The molecule has 294 valence electrons. The molecule has 1 saturated heterocycles. The number of para-hydroxylation sites is 1. The molecule has 20 nitrogen and oxygen atoms in total. The van der Waals surface area contributed by atoms with Crippen LogP contribution < -0.4 is 49.1 Å². The molecule has 1 aliphatic rings. The summed E-state index contributed by atoms with van der Waals surface area (Å²) < 4.78 is 0. The van der Waals surface area contributed by atoms with Gasteiger partial charge in [-0.25, -0.2) is 0 Å². The first kappa shape index (κ1) is 42.9. The number of aliphatic carboxylic acids is 1. The van der Waals surface area contributed by atoms with Gasteiger partial charge in [0.1, 0.15) is 24.2 Å². The number of carboxylic acid groups (broad SMARTS) is 1. The van der Waals surface area contributed by atoms with E-state index in [1.807, 2.05) is 0 Å². The van der Waals surface area contributed by atoms with Gasteiger partial charge in [-0.05, 0) is 30.9 Å². The Hall–Kier alpha value is -5.51. The second-order valence-corrected chi connectivity index (χ2v) is 14.7. The van der Waals surface area contributed by atoms with Crippen LogP contribution in [0.4, 0.5) is 0 Å². The van der Waals surface area contributed by atoms with Crippen molar-refractivity contribution in [3.05, 3.63) is 36.0 Å². The molecule has 1 fully saturated rings. The number of hydrogen-bond donors (Lipinski definition) is 11. The van der Waals surface area contributed by atoms with Crippen molar-refractivity contribution in [2.45, 2.75) is 62.7 Å². The fourth-order valence-corrected chi connectivity index (χ4v) is 7.33. The van der Waals surface area contributed by atoms with E-state index in [1.165, 1.54) is 21.6 Å². The van der Waals surface area contributed by atoms with Crippen molar-refractivity contribution in [2.75, 3.05) is 31.1 Å². The number of nitrogens with one attached hydrogen (secondary N) is 7. The van der Waals surface area contributed by atoms with E-state index in [0.29, 0.717) is 18.4 Å². The minimum atomic E-state index is -1.69. The number of H-pyrrole nitrogens is 1. The molecule has 1 aliphatic heterocycles. The maximum absolute atomic E-state index is 13.5. The van der Waals surface area contributed by atoms with E-state index in [1.54, 1.807) is 30.5 Å². The normalized spacial score (nSPS) is 21.7. The molecular formula is C32H45N11O9S2. The maximum atomic E-state index is 13.5. The van der Waals surface area contributed by atoms with Crippen LogP contribution in [0, 0.1) is 0 Å². The maximum Gasteiger partial charge on any atom is 0.305 e. The highest BCUT2D eigenvalue weighted by atomic mass is 33.1. The van der Waals surface area contributed by atoms with Gasteiger partial charge in [0.25, 0.3) is 0 Å². The lowest BCUT2D eigenvalue weighted by atomic mass is 10.0. The van der Waals surface area contributed by atoms with Gasteiger partial charge < -0.3 is 59.2 Å². The topological polar surface area (TPSA) is 335 Å². The largest absolute Gasteiger partial charge is 0.481 e. The van der Waals surface area contributed by atoms with E-state index in [-0.39, 0.29) is 43.3 Å². The zero-order chi connectivity index (χ0) is 39.6. The number of aromatic nitrogens is 1. The van der Waals surface area contributed by atoms with Gasteiger partial charge in [0.15, 0.2) is 5.96 Å². The summed E-state index contributed by atoms with van der Waals surface area (Å²) in [4.78, 5) is 109. The number of hydrogen-bond acceptors (Lipinski definition) is 11. The van der Waals surface area contributed by atoms with E-state index in [0.717, 1.165) is 10.9 Å². The Kier molecular flexibility index (Phi) is 17.4. The van der Waals surface area contributed by atoms with E-state index in [2.05, 4.69) is 41.9 Å². The molecule has 1 aromatic carbocycles. The molecule has 54 heavy (non-hydrogen) atoms. The molecule has 2 aromatic rings. The molecule has 2 unspecified atom stereocenters. The van der Waals surface area contributed by atoms with Crippen LogP contribution in [0.25, 0.3) is 10.9 Å². The number of carbonyl (C=O) groups excluding carboxylic acids is 7. The van der Waals surface area contributed by atoms with Crippen molar-refractivity contribution in [1.82, 2.24) is 36.9 Å². The van der Waals surface area contributed by atoms with Gasteiger partial charge >= 0.3 is 5.97 Å². The summed E-state index contributed by atoms with van der Waals surface area (Å²) in [5.41, 5.74) is 17.5. The first-order chi connectivity index (χ1) is 25.7. The smallest absolute Gasteiger partial charge is 0.305 e. The Morgan fingerprint density at radius 3 is 2.15 bits per heavy atom. The van der Waals surface area contributed by atoms with Crippen molar-refractivity contribution >= 4 is 85.8 Å². The first-order valence-electron chi connectivity index (χ1n) is 16.8. The van der Waals surface area contributed by atoms with Crippen LogP contribution >= 0.6 is 21.6 Å². The molecule has 0 spiro atoms. The predicted octanol–water partition coefficient (Wildman–Crippen LogP) is -2.93. The number of rotatable bonds is 10. The number of unbranched alkanes of at least 4 members (excludes halogenated alkanes) is 1. The van der Waals surface area contributed by atoms with E-state index < -0.39 is 91.0 Å². The Morgan fingerprint density at radius 1 is 0.796 bits per heavy atom. The lowest BCUT2D eigenvalue weighted by molar-refractivity contribution is -0.141. The van der Waals surface area contributed by atoms with Gasteiger partial charge in [0, 0.05) is 48.0 Å². The van der Waals surface area contributed by atoms with Crippen molar-refractivity contribution in [1.29, 1.82) is 0 Å². The highest BCUT2D eigenvalue weighted by molar-refractivity contribution is 8.76. The number of carboxylic acids is 1. The molecule has 22 heteroatoms. The highest BCUT2D eigenvalue weighted by Crippen LogP contribution is 2.23. The number of primary amides is 1. The van der Waals surface area contributed by atoms with Gasteiger partial charge in [-0.1, -0.05) is 39.8 Å². The van der Waals surface area contributed by atoms with Gasteiger partial charge in [0.05, 0.1) is 19.5 Å². The standard InChI is InChI=1S/C32H45N11O9S2/c33-28(49)23-16-54-53-10-8-24(44)40-20(7-3-4-9-36-32(34)35)29(50)38-14-25(45)41-22(12-27(47)48)31(52)43-21(30(51)39-15-26(46)42-23)11-17-13-37-19-6-2-1-5-18(17)19/h1-2,5-6,13,20-23,37H,3-4,7-12,14-16H2,(H2,33,49)(H,38,50)(H,39,51)(H,40,44)(H,41,45)(H,42,46)(H,43,52)(H,47,48)(H4,34,35,36)/t20-,21?,22-,23?/m0/s1. The summed E-state index contributed by atoms with van der Waals surface area (Å²) in [7, 11) is 2.39. The number of guanidine groups is 1. The van der Waals surface area contributed by atoms with Gasteiger partial charge in [-0.3, -0.25) is 43.3 Å². The van der Waals surface area contributed by atoms with Crippen molar-refractivity contribution in [3.63, 3.8) is 0 Å². The minimum absolute atomic E-state index is 0.0265. The van der Waals surface area contributed by atoms with Crippen LogP contribution in [-0.2, 0) is 44.8 Å². The molecule has 7 amide bonds. The second kappa shape index (κ2) is 21.9. The second-order valence-electron chi connectivity index (χ2n) is 12.1. The fraction of sp³-hybridized carbons (Fsp3) is 0.469. The fourth-order valence-electron chi connectivity index (χ4n) is 5.17. The number of fused-ring (bicyclic) bond motifs is 1. The third-order valence-corrected chi connectivity index (χ3v) is 10.3. The molecule has 1 aromatic heterocycles. The van der Waals surface area contributed by atoms with Crippen LogP contribution in [0.2, 0.25) is 0 Å². The Balaban J connectivity index is 1.85. The Bertz CT molecular complexity index is 1720. The number of carbonyl (C=O) groups is 8. The summed E-state index contributed by atoms with van der Waals surface area (Å²) in [6.45, 7) is -0.999. The summed E-state index contributed by atoms with van der Waals surface area (Å²) in [6, 6.07) is 1.91. The van der Waals surface area contributed by atoms with Gasteiger partial charge in [-0.2, -0.15) is 0 Å². The lowest BCUT2D eigenvalue weighted by Gasteiger charge is -2.23. The van der Waals surface area contributed by atoms with Gasteiger partial charge in [-0.15, -0.1) is 0 Å². The van der Waals surface area contributed by atoms with Crippen LogP contribution in [0.5, 0.6) is 0 Å². The summed E-state index contributed by atoms with van der Waals surface area (Å²) >= 11 is 0. The third-order valence-electron chi connectivity index (χ3n) is 7.86. The zero-order valence-corrected chi connectivity index (χ0v) is 30.8. The molecule has 0 radical (unpaired) electrons. The van der Waals surface area contributed by atoms with E-state index >= 15 is 0 Å². The average Bonchev–Trinajstić information content (AvgIpc) is 3.52. The van der Waals surface area contributed by atoms with Crippen LogP contribution in [0.1, 0.15) is 37.7 Å². The number of aliphatic imine (C=N–C) groups is 1. The summed E-state index contributed by atoms with van der Waals surface area (Å²) in [5, 5.41) is 24.9. The molecule has 3 rings (SSSR count). The average molecular weight is 792 g/mol. The number of amides is 7. The zero-order valence-electron chi connectivity index (χ0n) is 29.2. The Labute approximate surface area is 317 Å². The molecule has 0 saturated carbocycles. The number of nitrogens with two attached hydrogens (primary N) is 3. The first-order valence-corrected chi connectivity index (χ1v) is 19.3.